The summed E-state index contributed by atoms with van der Waals surface area (Å²) in [5.41, 5.74) is 2.08. The smallest absolute Gasteiger partial charge is 0.414 e. The van der Waals surface area contributed by atoms with Crippen LogP contribution in [0.15, 0.2) is 69.5 Å². The van der Waals surface area contributed by atoms with Crippen molar-refractivity contribution in [2.75, 3.05) is 5.32 Å². The summed E-state index contributed by atoms with van der Waals surface area (Å²) in [5.74, 6) is 1.77. The molecule has 0 fully saturated rings. The Morgan fingerprint density at radius 3 is 2.53 bits per heavy atom. The molecule has 4 aromatic rings. The van der Waals surface area contributed by atoms with Gasteiger partial charge in [0, 0.05) is 34.0 Å². The Kier molecular flexibility index (Phi) is 5.31. The van der Waals surface area contributed by atoms with Crippen LogP contribution >= 0.6 is 11.6 Å². The molecule has 0 atom stereocenters. The van der Waals surface area contributed by atoms with Crippen molar-refractivity contribution in [3.8, 4) is 11.3 Å². The average Bonchev–Trinajstić information content (AvgIpc) is 3.27. The Hall–Kier alpha value is -3.18. The van der Waals surface area contributed by atoms with E-state index in [-0.39, 0.29) is 0 Å². The number of carbonyl (C=O) groups excluding carboxylic acids is 1. The van der Waals surface area contributed by atoms with Gasteiger partial charge in [-0.05, 0) is 45.0 Å². The highest BCUT2D eigenvalue weighted by atomic mass is 35.5. The molecule has 0 aliphatic rings. The molecule has 154 valence electrons. The Bertz CT molecular complexity index is 1190. The van der Waals surface area contributed by atoms with Crippen molar-refractivity contribution in [1.82, 2.24) is 0 Å². The zero-order chi connectivity index (χ0) is 21.3. The van der Waals surface area contributed by atoms with Gasteiger partial charge in [0.1, 0.15) is 22.7 Å². The molecule has 1 amide bonds. The molecule has 0 radical (unpaired) electrons. The van der Waals surface area contributed by atoms with Crippen LogP contribution < -0.4 is 5.32 Å². The number of benzene rings is 2. The van der Waals surface area contributed by atoms with Gasteiger partial charge >= 0.3 is 6.09 Å². The topological polar surface area (TPSA) is 64.6 Å². The van der Waals surface area contributed by atoms with Crippen molar-refractivity contribution in [3.05, 3.63) is 77.0 Å². The lowest BCUT2D eigenvalue weighted by molar-refractivity contribution is 0.0632. The van der Waals surface area contributed by atoms with E-state index in [9.17, 15) is 4.79 Å². The third-order valence-corrected chi connectivity index (χ3v) is 4.58. The number of halogens is 1. The molecule has 2 aromatic heterocycles. The normalized spacial score (nSPS) is 11.6. The van der Waals surface area contributed by atoms with E-state index in [1.54, 1.807) is 32.9 Å². The fraction of sp³-hybridized carbons (Fsp3) is 0.208. The van der Waals surface area contributed by atoms with Gasteiger partial charge < -0.3 is 13.6 Å². The predicted octanol–water partition coefficient (Wildman–Crippen LogP) is 7.28. The highest BCUT2D eigenvalue weighted by Gasteiger charge is 2.18. The van der Waals surface area contributed by atoms with Crippen LogP contribution in [0.4, 0.5) is 10.7 Å². The van der Waals surface area contributed by atoms with Crippen molar-refractivity contribution in [2.45, 2.75) is 32.8 Å². The first kappa shape index (κ1) is 20.1. The summed E-state index contributed by atoms with van der Waals surface area (Å²) >= 11 is 6.34. The molecular formula is C24H22ClNO4. The van der Waals surface area contributed by atoms with Gasteiger partial charge in [-0.3, -0.25) is 5.32 Å². The van der Waals surface area contributed by atoms with Crippen molar-refractivity contribution in [3.63, 3.8) is 0 Å². The van der Waals surface area contributed by atoms with Gasteiger partial charge in [-0.15, -0.1) is 0 Å². The first-order chi connectivity index (χ1) is 14.3. The number of ether oxygens (including phenoxy) is 1. The molecule has 0 saturated carbocycles. The number of anilines is 1. The van der Waals surface area contributed by atoms with Crippen LogP contribution in [0.25, 0.3) is 22.3 Å². The fourth-order valence-corrected chi connectivity index (χ4v) is 3.44. The first-order valence-corrected chi connectivity index (χ1v) is 10.0. The molecule has 6 heteroatoms. The number of amides is 1. The number of nitrogens with one attached hydrogen (secondary N) is 1. The van der Waals surface area contributed by atoms with Crippen LogP contribution in [0.2, 0.25) is 5.02 Å². The van der Waals surface area contributed by atoms with Gasteiger partial charge in [-0.25, -0.2) is 4.79 Å². The summed E-state index contributed by atoms with van der Waals surface area (Å²) in [6, 6.07) is 19.1. The molecule has 30 heavy (non-hydrogen) atoms. The monoisotopic (exact) mass is 423 g/mol. The van der Waals surface area contributed by atoms with Crippen LogP contribution in [0.3, 0.4) is 0 Å². The van der Waals surface area contributed by atoms with Gasteiger partial charge in [0.25, 0.3) is 0 Å². The molecule has 0 unspecified atom stereocenters. The molecule has 2 heterocycles. The van der Waals surface area contributed by atoms with Crippen LogP contribution in [0.5, 0.6) is 0 Å². The van der Waals surface area contributed by atoms with Crippen molar-refractivity contribution in [1.29, 1.82) is 0 Å². The minimum Gasteiger partial charge on any atom is -0.456 e. The molecule has 0 bridgehead atoms. The zero-order valence-corrected chi connectivity index (χ0v) is 17.7. The second-order valence-electron chi connectivity index (χ2n) is 8.03. The van der Waals surface area contributed by atoms with Crippen LogP contribution in [0.1, 0.15) is 32.1 Å². The summed E-state index contributed by atoms with van der Waals surface area (Å²) in [5, 5.41) is 4.15. The number of carbonyl (C=O) groups is 1. The van der Waals surface area contributed by atoms with E-state index < -0.39 is 11.7 Å². The lowest BCUT2D eigenvalue weighted by Crippen LogP contribution is -2.27. The lowest BCUT2D eigenvalue weighted by atomic mass is 10.1. The molecule has 2 aromatic carbocycles. The number of furan rings is 2. The summed E-state index contributed by atoms with van der Waals surface area (Å²) in [4.78, 5) is 11.9. The maximum absolute atomic E-state index is 11.9. The van der Waals surface area contributed by atoms with Crippen LogP contribution in [-0.4, -0.2) is 11.7 Å². The Morgan fingerprint density at radius 2 is 1.80 bits per heavy atom. The number of fused-ring (bicyclic) bond motifs is 1. The third kappa shape index (κ3) is 4.69. The minimum absolute atomic E-state index is 0.321. The highest BCUT2D eigenvalue weighted by molar-refractivity contribution is 6.31. The average molecular weight is 424 g/mol. The second-order valence-corrected chi connectivity index (χ2v) is 8.47. The molecule has 5 nitrogen and oxygen atoms in total. The van der Waals surface area contributed by atoms with Gasteiger partial charge in [0.15, 0.2) is 0 Å². The van der Waals surface area contributed by atoms with E-state index in [1.165, 1.54) is 0 Å². The largest absolute Gasteiger partial charge is 0.456 e. The Morgan fingerprint density at radius 1 is 1.03 bits per heavy atom. The zero-order valence-electron chi connectivity index (χ0n) is 17.0. The van der Waals surface area contributed by atoms with Crippen LogP contribution in [0, 0.1) is 0 Å². The van der Waals surface area contributed by atoms with E-state index in [1.807, 2.05) is 48.5 Å². The van der Waals surface area contributed by atoms with E-state index in [0.29, 0.717) is 23.1 Å². The molecule has 1 N–H and O–H groups in total. The third-order valence-electron chi connectivity index (χ3n) is 4.37. The second kappa shape index (κ2) is 7.92. The van der Waals surface area contributed by atoms with Gasteiger partial charge in [0.2, 0.25) is 5.88 Å². The van der Waals surface area contributed by atoms with Gasteiger partial charge in [0.05, 0.1) is 0 Å². The Labute approximate surface area is 179 Å². The van der Waals surface area contributed by atoms with E-state index in [0.717, 1.165) is 27.9 Å². The number of hydrogen-bond donors (Lipinski definition) is 1. The first-order valence-electron chi connectivity index (χ1n) is 9.63. The standard InChI is InChI=1S/C24H22ClNO4/c1-24(2,3)30-23(27)26-21-10-9-19(28-21)13-16-11-18(25)12-17-14-20(29-22(16)17)15-7-5-4-6-8-15/h4-12,14H,13H2,1-3H3,(H,26,27). The van der Waals surface area contributed by atoms with Crippen LogP contribution in [-0.2, 0) is 11.2 Å². The Balaban J connectivity index is 1.58. The van der Waals surface area contributed by atoms with Gasteiger partial charge in [-0.1, -0.05) is 41.9 Å². The lowest BCUT2D eigenvalue weighted by Gasteiger charge is -2.18. The molecule has 0 spiro atoms. The maximum Gasteiger partial charge on any atom is 0.414 e. The van der Waals surface area contributed by atoms with Crippen molar-refractivity contribution in [2.24, 2.45) is 0 Å². The SMILES string of the molecule is CC(C)(C)OC(=O)Nc1ccc(Cc2cc(Cl)cc3cc(-c4ccccc4)oc23)o1. The summed E-state index contributed by atoms with van der Waals surface area (Å²) in [6.45, 7) is 5.41. The molecule has 4 rings (SSSR count). The molecule has 0 aliphatic heterocycles. The summed E-state index contributed by atoms with van der Waals surface area (Å²) < 4.78 is 17.1. The molecule has 0 aliphatic carbocycles. The highest BCUT2D eigenvalue weighted by Crippen LogP contribution is 2.33. The van der Waals surface area contributed by atoms with E-state index >= 15 is 0 Å². The summed E-state index contributed by atoms with van der Waals surface area (Å²) in [6.07, 6.45) is -0.0958. The molecular weight excluding hydrogens is 402 g/mol. The van der Waals surface area contributed by atoms with E-state index in [2.05, 4.69) is 5.32 Å². The quantitative estimate of drug-likeness (QED) is 0.374. The number of rotatable bonds is 4. The van der Waals surface area contributed by atoms with E-state index in [4.69, 9.17) is 25.2 Å². The maximum atomic E-state index is 11.9. The molecule has 0 saturated heterocycles. The summed E-state index contributed by atoms with van der Waals surface area (Å²) in [7, 11) is 0. The fourth-order valence-electron chi connectivity index (χ4n) is 3.19. The van der Waals surface area contributed by atoms with Crippen molar-refractivity contribution >= 4 is 34.5 Å². The van der Waals surface area contributed by atoms with Gasteiger partial charge in [-0.2, -0.15) is 0 Å². The number of hydrogen-bond acceptors (Lipinski definition) is 4. The minimum atomic E-state index is -0.582. The predicted molar refractivity (Wildman–Crippen MR) is 118 cm³/mol. The van der Waals surface area contributed by atoms with Crippen molar-refractivity contribution < 1.29 is 18.4 Å².